The predicted octanol–water partition coefficient (Wildman–Crippen LogP) is 24.4. The second-order valence-corrected chi connectivity index (χ2v) is 24.5. The van der Waals surface area contributed by atoms with Gasteiger partial charge in [0.25, 0.3) is 0 Å². The summed E-state index contributed by atoms with van der Waals surface area (Å²) in [5.41, 5.74) is 0. The molecule has 1 atom stereocenters. The van der Waals surface area contributed by atoms with Crippen LogP contribution in [-0.2, 0) is 28.6 Å². The Morgan fingerprint density at radius 1 is 0.244 bits per heavy atom. The quantitative estimate of drug-likeness (QED) is 0.0261. The SMILES string of the molecule is CCCC/C=C\CCCCCCCC(=O)OCC(COC(=O)CCCCCCCCCCCCCCCCCCCCCCCCCCCCCCCCCCCCC)OC(=O)CCCCCCCCCCCCCCCC. The topological polar surface area (TPSA) is 78.9 Å². The fourth-order valence-corrected chi connectivity index (χ4v) is 11.1. The molecule has 0 fully saturated rings. The lowest BCUT2D eigenvalue weighted by atomic mass is 10.0. The Balaban J connectivity index is 3.96. The normalized spacial score (nSPS) is 12.0. The number of hydrogen-bond acceptors (Lipinski definition) is 6. The predicted molar refractivity (Wildman–Crippen MR) is 340 cm³/mol. The molecule has 6 heteroatoms. The molecule has 0 aliphatic carbocycles. The molecule has 0 radical (unpaired) electrons. The second-order valence-electron chi connectivity index (χ2n) is 24.5. The van der Waals surface area contributed by atoms with Gasteiger partial charge in [0.05, 0.1) is 0 Å². The third kappa shape index (κ3) is 65.0. The van der Waals surface area contributed by atoms with Gasteiger partial charge < -0.3 is 14.2 Å². The van der Waals surface area contributed by atoms with Crippen LogP contribution in [0.4, 0.5) is 0 Å². The van der Waals surface area contributed by atoms with Crippen LogP contribution >= 0.6 is 0 Å². The van der Waals surface area contributed by atoms with Crippen LogP contribution in [0.5, 0.6) is 0 Å². The lowest BCUT2D eigenvalue weighted by Crippen LogP contribution is -2.30. The zero-order valence-electron chi connectivity index (χ0n) is 53.2. The van der Waals surface area contributed by atoms with E-state index in [-0.39, 0.29) is 31.1 Å². The average Bonchev–Trinajstić information content (AvgIpc) is 3.44. The van der Waals surface area contributed by atoms with Gasteiger partial charge in [0.1, 0.15) is 13.2 Å². The van der Waals surface area contributed by atoms with Gasteiger partial charge in [-0.05, 0) is 38.5 Å². The van der Waals surface area contributed by atoms with Crippen molar-refractivity contribution in [1.82, 2.24) is 0 Å². The molecule has 78 heavy (non-hydrogen) atoms. The third-order valence-electron chi connectivity index (χ3n) is 16.5. The van der Waals surface area contributed by atoms with Gasteiger partial charge in [-0.1, -0.05) is 367 Å². The lowest BCUT2D eigenvalue weighted by Gasteiger charge is -2.18. The Morgan fingerprint density at radius 3 is 0.679 bits per heavy atom. The molecule has 6 nitrogen and oxygen atoms in total. The first kappa shape index (κ1) is 76.1. The highest BCUT2D eigenvalue weighted by atomic mass is 16.6. The molecule has 0 heterocycles. The van der Waals surface area contributed by atoms with Gasteiger partial charge >= 0.3 is 17.9 Å². The van der Waals surface area contributed by atoms with E-state index in [0.29, 0.717) is 19.3 Å². The minimum atomic E-state index is -0.768. The van der Waals surface area contributed by atoms with Gasteiger partial charge in [0.2, 0.25) is 0 Å². The highest BCUT2D eigenvalue weighted by molar-refractivity contribution is 5.71. The first-order valence-electron chi connectivity index (χ1n) is 35.7. The highest BCUT2D eigenvalue weighted by Gasteiger charge is 2.19. The van der Waals surface area contributed by atoms with Crippen molar-refractivity contribution in [1.29, 1.82) is 0 Å². The zero-order chi connectivity index (χ0) is 56.4. The van der Waals surface area contributed by atoms with Crippen molar-refractivity contribution in [2.24, 2.45) is 0 Å². The smallest absolute Gasteiger partial charge is 0.306 e. The van der Waals surface area contributed by atoms with Crippen molar-refractivity contribution in [2.75, 3.05) is 13.2 Å². The Labute approximate surface area is 488 Å². The molecule has 0 spiro atoms. The molecule has 0 rings (SSSR count). The van der Waals surface area contributed by atoms with Crippen LogP contribution in [0.2, 0.25) is 0 Å². The minimum Gasteiger partial charge on any atom is -0.462 e. The van der Waals surface area contributed by atoms with Gasteiger partial charge in [0, 0.05) is 19.3 Å². The summed E-state index contributed by atoms with van der Waals surface area (Å²) < 4.78 is 16.9. The fraction of sp³-hybridized carbons (Fsp3) is 0.931. The van der Waals surface area contributed by atoms with Crippen LogP contribution in [0.25, 0.3) is 0 Å². The standard InChI is InChI=1S/C72H138O6/c1-4-7-10-13-16-19-22-24-26-27-28-29-30-31-32-33-34-35-36-37-38-39-40-41-42-43-44-45-46-48-50-53-56-59-62-65-71(74)77-68-69(67-76-70(73)64-61-58-55-52-49-21-18-15-12-9-6-3)78-72(75)66-63-60-57-54-51-47-25-23-20-17-14-11-8-5-2/h15,18,69H,4-14,16-17,19-68H2,1-3H3/b18-15-. The van der Waals surface area contributed by atoms with Crippen molar-refractivity contribution in [2.45, 2.75) is 419 Å². The summed E-state index contributed by atoms with van der Waals surface area (Å²) in [6.07, 6.45) is 81.4. The molecular formula is C72H138O6. The lowest BCUT2D eigenvalue weighted by molar-refractivity contribution is -0.167. The van der Waals surface area contributed by atoms with E-state index in [0.717, 1.165) is 64.2 Å². The first-order valence-corrected chi connectivity index (χ1v) is 35.7. The second kappa shape index (κ2) is 67.7. The molecule has 462 valence electrons. The van der Waals surface area contributed by atoms with Crippen LogP contribution in [-0.4, -0.2) is 37.2 Å². The maximum Gasteiger partial charge on any atom is 0.306 e. The number of esters is 3. The first-order chi connectivity index (χ1) is 38.5. The van der Waals surface area contributed by atoms with E-state index in [1.807, 2.05) is 0 Å². The molecule has 0 bridgehead atoms. The number of allylic oxidation sites excluding steroid dienone is 2. The van der Waals surface area contributed by atoms with E-state index in [4.69, 9.17) is 14.2 Å². The van der Waals surface area contributed by atoms with E-state index < -0.39 is 6.10 Å². The van der Waals surface area contributed by atoms with Crippen molar-refractivity contribution >= 4 is 17.9 Å². The Bertz CT molecular complexity index is 1210. The molecule has 0 aromatic carbocycles. The molecule has 0 aromatic heterocycles. The Morgan fingerprint density at radius 2 is 0.436 bits per heavy atom. The fourth-order valence-electron chi connectivity index (χ4n) is 11.1. The molecular weight excluding hydrogens is 961 g/mol. The van der Waals surface area contributed by atoms with Gasteiger partial charge in [0.15, 0.2) is 6.10 Å². The molecule has 0 N–H and O–H groups in total. The van der Waals surface area contributed by atoms with Crippen molar-refractivity contribution in [3.8, 4) is 0 Å². The van der Waals surface area contributed by atoms with Crippen LogP contribution in [0, 0.1) is 0 Å². The molecule has 0 saturated carbocycles. The van der Waals surface area contributed by atoms with Crippen molar-refractivity contribution in [3.63, 3.8) is 0 Å². The number of rotatable bonds is 67. The molecule has 0 aromatic rings. The van der Waals surface area contributed by atoms with Crippen LogP contribution in [0.15, 0.2) is 12.2 Å². The Hall–Kier alpha value is -1.85. The van der Waals surface area contributed by atoms with Gasteiger partial charge in [-0.2, -0.15) is 0 Å². The molecule has 1 unspecified atom stereocenters. The molecule has 0 amide bonds. The molecule has 0 aliphatic heterocycles. The molecule has 0 aliphatic rings. The summed E-state index contributed by atoms with van der Waals surface area (Å²) >= 11 is 0. The number of ether oxygens (including phenoxy) is 3. The van der Waals surface area contributed by atoms with E-state index >= 15 is 0 Å². The van der Waals surface area contributed by atoms with E-state index in [1.165, 1.54) is 308 Å². The third-order valence-corrected chi connectivity index (χ3v) is 16.5. The number of unbranched alkanes of at least 4 members (excludes halogenated alkanes) is 54. The van der Waals surface area contributed by atoms with Crippen molar-refractivity contribution in [3.05, 3.63) is 12.2 Å². The van der Waals surface area contributed by atoms with Crippen molar-refractivity contribution < 1.29 is 28.6 Å². The Kier molecular flexibility index (Phi) is 66.0. The molecule has 0 saturated heterocycles. The highest BCUT2D eigenvalue weighted by Crippen LogP contribution is 2.19. The monoisotopic (exact) mass is 1100 g/mol. The van der Waals surface area contributed by atoms with Gasteiger partial charge in [-0.15, -0.1) is 0 Å². The van der Waals surface area contributed by atoms with E-state index in [1.54, 1.807) is 0 Å². The summed E-state index contributed by atoms with van der Waals surface area (Å²) in [6.45, 7) is 6.67. The number of carbonyl (C=O) groups is 3. The van der Waals surface area contributed by atoms with Gasteiger partial charge in [-0.25, -0.2) is 0 Å². The minimum absolute atomic E-state index is 0.0663. The van der Waals surface area contributed by atoms with Gasteiger partial charge in [-0.3, -0.25) is 14.4 Å². The van der Waals surface area contributed by atoms with E-state index in [2.05, 4.69) is 32.9 Å². The van der Waals surface area contributed by atoms with Crippen LogP contribution in [0.1, 0.15) is 412 Å². The number of carbonyl (C=O) groups excluding carboxylic acids is 3. The summed E-state index contributed by atoms with van der Waals surface area (Å²) in [4.78, 5) is 38.2. The number of hydrogen-bond donors (Lipinski definition) is 0. The summed E-state index contributed by atoms with van der Waals surface area (Å²) in [6, 6.07) is 0. The van der Waals surface area contributed by atoms with E-state index in [9.17, 15) is 14.4 Å². The van der Waals surface area contributed by atoms with Crippen LogP contribution in [0.3, 0.4) is 0 Å². The summed E-state index contributed by atoms with van der Waals surface area (Å²) in [5.74, 6) is -0.847. The summed E-state index contributed by atoms with van der Waals surface area (Å²) in [7, 11) is 0. The average molecular weight is 1100 g/mol. The maximum absolute atomic E-state index is 12.9. The van der Waals surface area contributed by atoms with Crippen LogP contribution < -0.4 is 0 Å². The zero-order valence-corrected chi connectivity index (χ0v) is 53.2. The summed E-state index contributed by atoms with van der Waals surface area (Å²) in [5, 5.41) is 0. The maximum atomic E-state index is 12.9. The largest absolute Gasteiger partial charge is 0.462 e.